The first-order valence-electron chi connectivity index (χ1n) is 6.15. The van der Waals surface area contributed by atoms with Crippen molar-refractivity contribution in [3.8, 4) is 17.2 Å². The van der Waals surface area contributed by atoms with Crippen LogP contribution in [0.2, 0.25) is 0 Å². The summed E-state index contributed by atoms with van der Waals surface area (Å²) in [6.45, 7) is 0.618. The summed E-state index contributed by atoms with van der Waals surface area (Å²) in [6.07, 6.45) is 0.749. The van der Waals surface area contributed by atoms with Crippen LogP contribution in [0, 0.1) is 0 Å². The molecular formula is C14H22O5. The Morgan fingerprint density at radius 3 is 2.21 bits per heavy atom. The van der Waals surface area contributed by atoms with Crippen molar-refractivity contribution in [3.05, 3.63) is 17.7 Å². The predicted molar refractivity (Wildman–Crippen MR) is 72.2 cm³/mol. The Hall–Kier alpha value is -1.46. The van der Waals surface area contributed by atoms with Crippen molar-refractivity contribution < 1.29 is 24.1 Å². The average molecular weight is 270 g/mol. The van der Waals surface area contributed by atoms with Gasteiger partial charge in [0.05, 0.1) is 27.4 Å². The van der Waals surface area contributed by atoms with Crippen molar-refractivity contribution in [2.24, 2.45) is 0 Å². The molecule has 5 heteroatoms. The average Bonchev–Trinajstić information content (AvgIpc) is 2.45. The standard InChI is InChI=1S/C14H22O5/c1-16-9-5-6-11(15)10-7-8-12(17-2)14(19-4)13(10)18-3/h7-8,11,15H,5-6,9H2,1-4H3. The lowest BCUT2D eigenvalue weighted by Crippen LogP contribution is -2.04. The van der Waals surface area contributed by atoms with Crippen LogP contribution in [-0.4, -0.2) is 40.2 Å². The maximum Gasteiger partial charge on any atom is 0.203 e. The highest BCUT2D eigenvalue weighted by atomic mass is 16.5. The molecule has 0 radical (unpaired) electrons. The monoisotopic (exact) mass is 270 g/mol. The molecule has 0 spiro atoms. The van der Waals surface area contributed by atoms with Crippen molar-refractivity contribution in [1.82, 2.24) is 0 Å². The first-order valence-corrected chi connectivity index (χ1v) is 6.15. The predicted octanol–water partition coefficient (Wildman–Crippen LogP) is 2.17. The minimum Gasteiger partial charge on any atom is -0.493 e. The minimum absolute atomic E-state index is 0.494. The number of aliphatic hydroxyl groups excluding tert-OH is 1. The van der Waals surface area contributed by atoms with E-state index in [4.69, 9.17) is 18.9 Å². The van der Waals surface area contributed by atoms with E-state index in [0.29, 0.717) is 35.8 Å². The fourth-order valence-corrected chi connectivity index (χ4v) is 1.96. The topological polar surface area (TPSA) is 57.2 Å². The molecule has 0 aliphatic heterocycles. The van der Waals surface area contributed by atoms with Gasteiger partial charge in [0, 0.05) is 19.3 Å². The molecule has 0 bridgehead atoms. The number of ether oxygens (including phenoxy) is 4. The van der Waals surface area contributed by atoms with E-state index in [1.54, 1.807) is 40.6 Å². The molecule has 0 saturated carbocycles. The molecule has 1 aromatic rings. The zero-order chi connectivity index (χ0) is 14.3. The lowest BCUT2D eigenvalue weighted by Gasteiger charge is -2.19. The first-order chi connectivity index (χ1) is 9.19. The van der Waals surface area contributed by atoms with Gasteiger partial charge in [-0.3, -0.25) is 0 Å². The first kappa shape index (κ1) is 15.6. The molecule has 0 heterocycles. The Morgan fingerprint density at radius 2 is 1.68 bits per heavy atom. The van der Waals surface area contributed by atoms with Crippen LogP contribution in [0.1, 0.15) is 24.5 Å². The lowest BCUT2D eigenvalue weighted by molar-refractivity contribution is 0.133. The van der Waals surface area contributed by atoms with Gasteiger partial charge in [0.1, 0.15) is 0 Å². The van der Waals surface area contributed by atoms with Gasteiger partial charge in [-0.25, -0.2) is 0 Å². The van der Waals surface area contributed by atoms with Crippen molar-refractivity contribution in [1.29, 1.82) is 0 Å². The minimum atomic E-state index is -0.620. The molecule has 1 aromatic carbocycles. The molecule has 1 unspecified atom stereocenters. The molecule has 0 saturated heterocycles. The second kappa shape index (κ2) is 7.86. The molecule has 19 heavy (non-hydrogen) atoms. The van der Waals surface area contributed by atoms with E-state index in [1.807, 2.05) is 0 Å². The molecule has 0 aliphatic rings. The maximum absolute atomic E-state index is 10.2. The van der Waals surface area contributed by atoms with Crippen LogP contribution in [-0.2, 0) is 4.74 Å². The molecule has 1 rings (SSSR count). The summed E-state index contributed by atoms with van der Waals surface area (Å²) in [5.41, 5.74) is 0.691. The largest absolute Gasteiger partial charge is 0.493 e. The summed E-state index contributed by atoms with van der Waals surface area (Å²) in [5, 5.41) is 10.2. The maximum atomic E-state index is 10.2. The third-order valence-corrected chi connectivity index (χ3v) is 2.92. The Labute approximate surface area is 114 Å². The van der Waals surface area contributed by atoms with Crippen molar-refractivity contribution >= 4 is 0 Å². The summed E-state index contributed by atoms with van der Waals surface area (Å²) in [7, 11) is 6.29. The van der Waals surface area contributed by atoms with E-state index in [-0.39, 0.29) is 0 Å². The molecule has 1 N–H and O–H groups in total. The van der Waals surface area contributed by atoms with Crippen molar-refractivity contribution in [2.45, 2.75) is 18.9 Å². The van der Waals surface area contributed by atoms with Crippen molar-refractivity contribution in [3.63, 3.8) is 0 Å². The molecular weight excluding hydrogens is 248 g/mol. The van der Waals surface area contributed by atoms with E-state index in [0.717, 1.165) is 6.42 Å². The van der Waals surface area contributed by atoms with Gasteiger partial charge in [0.2, 0.25) is 5.75 Å². The van der Waals surface area contributed by atoms with Gasteiger partial charge in [-0.1, -0.05) is 0 Å². The summed E-state index contributed by atoms with van der Waals surface area (Å²) in [6, 6.07) is 3.55. The van der Waals surface area contributed by atoms with Crippen LogP contribution in [0.5, 0.6) is 17.2 Å². The number of hydrogen-bond donors (Lipinski definition) is 1. The second-order valence-electron chi connectivity index (χ2n) is 4.07. The van der Waals surface area contributed by atoms with Gasteiger partial charge >= 0.3 is 0 Å². The smallest absolute Gasteiger partial charge is 0.203 e. The third kappa shape index (κ3) is 3.75. The molecule has 0 aliphatic carbocycles. The van der Waals surface area contributed by atoms with Crippen LogP contribution >= 0.6 is 0 Å². The highest BCUT2D eigenvalue weighted by Gasteiger charge is 2.20. The molecule has 0 aromatic heterocycles. The van der Waals surface area contributed by atoms with Gasteiger partial charge < -0.3 is 24.1 Å². The molecule has 0 amide bonds. The summed E-state index contributed by atoms with van der Waals surface area (Å²) < 4.78 is 20.8. The number of rotatable bonds is 8. The highest BCUT2D eigenvalue weighted by molar-refractivity contribution is 5.56. The van der Waals surface area contributed by atoms with Crippen LogP contribution < -0.4 is 14.2 Å². The summed E-state index contributed by atoms with van der Waals surface area (Å²) in [5.74, 6) is 1.58. The van der Waals surface area contributed by atoms with E-state index in [1.165, 1.54) is 0 Å². The zero-order valence-electron chi connectivity index (χ0n) is 11.9. The van der Waals surface area contributed by atoms with Gasteiger partial charge in [-0.05, 0) is 25.0 Å². The van der Waals surface area contributed by atoms with E-state index >= 15 is 0 Å². The molecule has 5 nitrogen and oxygen atoms in total. The molecule has 1 atom stereocenters. The fraction of sp³-hybridized carbons (Fsp3) is 0.571. The van der Waals surface area contributed by atoms with Crippen LogP contribution in [0.4, 0.5) is 0 Å². The third-order valence-electron chi connectivity index (χ3n) is 2.92. The number of methoxy groups -OCH3 is 4. The second-order valence-corrected chi connectivity index (χ2v) is 4.07. The number of hydrogen-bond acceptors (Lipinski definition) is 5. The Bertz CT molecular complexity index is 392. The highest BCUT2D eigenvalue weighted by Crippen LogP contribution is 2.42. The van der Waals surface area contributed by atoms with Crippen molar-refractivity contribution in [2.75, 3.05) is 35.0 Å². The number of aliphatic hydroxyl groups is 1. The SMILES string of the molecule is COCCCC(O)c1ccc(OC)c(OC)c1OC. The van der Waals surface area contributed by atoms with Gasteiger partial charge in [0.15, 0.2) is 11.5 Å². The fourth-order valence-electron chi connectivity index (χ4n) is 1.96. The lowest BCUT2D eigenvalue weighted by atomic mass is 10.0. The Balaban J connectivity index is 2.99. The Kier molecular flexibility index (Phi) is 6.45. The summed E-state index contributed by atoms with van der Waals surface area (Å²) in [4.78, 5) is 0. The van der Waals surface area contributed by atoms with E-state index in [9.17, 15) is 5.11 Å². The summed E-state index contributed by atoms with van der Waals surface area (Å²) >= 11 is 0. The van der Waals surface area contributed by atoms with E-state index in [2.05, 4.69) is 0 Å². The van der Waals surface area contributed by atoms with E-state index < -0.39 is 6.10 Å². The van der Waals surface area contributed by atoms with Crippen LogP contribution in [0.25, 0.3) is 0 Å². The Morgan fingerprint density at radius 1 is 1.00 bits per heavy atom. The van der Waals surface area contributed by atoms with Gasteiger partial charge in [0.25, 0.3) is 0 Å². The molecule has 108 valence electrons. The zero-order valence-corrected chi connectivity index (χ0v) is 11.9. The van der Waals surface area contributed by atoms with Gasteiger partial charge in [-0.2, -0.15) is 0 Å². The quantitative estimate of drug-likeness (QED) is 0.734. The molecule has 0 fully saturated rings. The normalized spacial score (nSPS) is 12.1. The van der Waals surface area contributed by atoms with Crippen LogP contribution in [0.3, 0.4) is 0 Å². The van der Waals surface area contributed by atoms with Gasteiger partial charge in [-0.15, -0.1) is 0 Å². The number of benzene rings is 1. The van der Waals surface area contributed by atoms with Crippen LogP contribution in [0.15, 0.2) is 12.1 Å².